The van der Waals surface area contributed by atoms with Gasteiger partial charge in [-0.15, -0.1) is 0 Å². The summed E-state index contributed by atoms with van der Waals surface area (Å²) in [6, 6.07) is 0. The lowest BCUT2D eigenvalue weighted by Crippen LogP contribution is -2.62. The molecule has 0 aromatic carbocycles. The minimum atomic E-state index is -0.898. The summed E-state index contributed by atoms with van der Waals surface area (Å²) in [6.07, 6.45) is 14.5. The summed E-state index contributed by atoms with van der Waals surface area (Å²) < 4.78 is 0. The number of hydrogen-bond acceptors (Lipinski definition) is 3. The van der Waals surface area contributed by atoms with Gasteiger partial charge in [-0.2, -0.15) is 0 Å². The van der Waals surface area contributed by atoms with Gasteiger partial charge in [0.1, 0.15) is 6.10 Å². The van der Waals surface area contributed by atoms with Crippen molar-refractivity contribution in [3.05, 3.63) is 34.9 Å². The molecule has 5 aliphatic rings. The fourth-order valence-electron chi connectivity index (χ4n) is 9.67. The molecule has 0 amide bonds. The normalized spacial score (nSPS) is 50.4. The number of carbonyl (C=O) groups excluding carboxylic acids is 1. The first kappa shape index (κ1) is 24.5. The lowest BCUT2D eigenvalue weighted by Gasteiger charge is -2.70. The van der Waals surface area contributed by atoms with Gasteiger partial charge in [-0.05, 0) is 104 Å². The molecule has 5 rings (SSSR count). The van der Waals surface area contributed by atoms with E-state index in [9.17, 15) is 9.90 Å². The van der Waals surface area contributed by atoms with Crippen LogP contribution in [0.15, 0.2) is 34.9 Å². The van der Waals surface area contributed by atoms with E-state index in [1.165, 1.54) is 56.2 Å². The molecule has 1 N–H and O–H groups in total. The number of hydrogen-bond donors (Lipinski definition) is 1. The summed E-state index contributed by atoms with van der Waals surface area (Å²) in [6.45, 7) is 15.9. The molecule has 3 heteroatoms. The van der Waals surface area contributed by atoms with Crippen molar-refractivity contribution >= 4 is 5.78 Å². The molecular formula is C31H47NO2. The van der Waals surface area contributed by atoms with Crippen LogP contribution in [0, 0.1) is 38.9 Å². The quantitative estimate of drug-likeness (QED) is 0.517. The molecule has 0 bridgehead atoms. The first-order valence-corrected chi connectivity index (χ1v) is 13.7. The Labute approximate surface area is 207 Å². The smallest absolute Gasteiger partial charge is 0.185 e. The van der Waals surface area contributed by atoms with Crippen LogP contribution in [-0.2, 0) is 4.79 Å². The zero-order valence-electron chi connectivity index (χ0n) is 22.9. The van der Waals surface area contributed by atoms with Crippen molar-refractivity contribution in [2.75, 3.05) is 20.6 Å². The molecular weight excluding hydrogens is 418 g/mol. The van der Waals surface area contributed by atoms with Crippen molar-refractivity contribution in [3.63, 3.8) is 0 Å². The van der Waals surface area contributed by atoms with Crippen LogP contribution in [-0.4, -0.2) is 42.5 Å². The van der Waals surface area contributed by atoms with Crippen LogP contribution in [0.3, 0.4) is 0 Å². The van der Waals surface area contributed by atoms with Crippen molar-refractivity contribution in [2.45, 2.75) is 92.6 Å². The molecule has 0 heterocycles. The molecule has 3 saturated carbocycles. The Bertz CT molecular complexity index is 1000. The summed E-state index contributed by atoms with van der Waals surface area (Å²) in [5.74, 6) is 0.488. The minimum Gasteiger partial charge on any atom is -0.384 e. The molecule has 3 fully saturated rings. The Kier molecular flexibility index (Phi) is 5.34. The third-order valence-electron chi connectivity index (χ3n) is 12.0. The maximum Gasteiger partial charge on any atom is 0.185 e. The second-order valence-corrected chi connectivity index (χ2v) is 14.4. The van der Waals surface area contributed by atoms with E-state index < -0.39 is 6.10 Å². The van der Waals surface area contributed by atoms with Crippen LogP contribution >= 0.6 is 0 Å². The number of ketones is 1. The van der Waals surface area contributed by atoms with Gasteiger partial charge in [-0.3, -0.25) is 4.79 Å². The highest BCUT2D eigenvalue weighted by Gasteiger charge is 2.66. The Morgan fingerprint density at radius 2 is 1.65 bits per heavy atom. The van der Waals surface area contributed by atoms with Crippen LogP contribution < -0.4 is 0 Å². The van der Waals surface area contributed by atoms with E-state index in [1.807, 2.05) is 6.92 Å². The highest BCUT2D eigenvalue weighted by Crippen LogP contribution is 2.75. The van der Waals surface area contributed by atoms with Crippen LogP contribution in [0.4, 0.5) is 0 Å². The van der Waals surface area contributed by atoms with Gasteiger partial charge in [0.2, 0.25) is 0 Å². The third-order valence-corrected chi connectivity index (χ3v) is 12.0. The minimum absolute atomic E-state index is 0.0995. The predicted octanol–water partition coefficient (Wildman–Crippen LogP) is 6.34. The van der Waals surface area contributed by atoms with E-state index in [1.54, 1.807) is 11.6 Å². The van der Waals surface area contributed by atoms with Gasteiger partial charge in [0.05, 0.1) is 0 Å². The van der Waals surface area contributed by atoms with Crippen LogP contribution in [0.2, 0.25) is 0 Å². The number of aliphatic hydroxyl groups is 1. The summed E-state index contributed by atoms with van der Waals surface area (Å²) in [4.78, 5) is 15.1. The van der Waals surface area contributed by atoms with Gasteiger partial charge in [-0.25, -0.2) is 0 Å². The maximum atomic E-state index is 12.7. The molecule has 0 radical (unpaired) electrons. The van der Waals surface area contributed by atoms with Crippen molar-refractivity contribution in [1.29, 1.82) is 0 Å². The number of nitrogens with zero attached hydrogens (tertiary/aromatic N) is 1. The largest absolute Gasteiger partial charge is 0.384 e. The topological polar surface area (TPSA) is 40.5 Å². The molecule has 188 valence electrons. The summed E-state index contributed by atoms with van der Waals surface area (Å²) >= 11 is 0. The van der Waals surface area contributed by atoms with Gasteiger partial charge in [-0.1, -0.05) is 59.3 Å². The Balaban J connectivity index is 1.59. The third kappa shape index (κ3) is 3.11. The van der Waals surface area contributed by atoms with E-state index in [2.05, 4.69) is 65.8 Å². The Hall–Kier alpha value is -1.19. The Morgan fingerprint density at radius 1 is 0.971 bits per heavy atom. The van der Waals surface area contributed by atoms with E-state index in [-0.39, 0.29) is 27.9 Å². The highest BCUT2D eigenvalue weighted by atomic mass is 16.3. The number of aliphatic hydroxyl groups excluding tert-OH is 1. The standard InChI is InChI=1S/C31H47NO2/c1-20-21-9-10-24-29(4,22(21)17-23(33)26(20)34)14-16-31(6)25-18-27(2,19-32(7)8)11-12-28(25,3)13-15-30(24,31)5/h9-10,17,20,25-26,34H,11-16,18-19H2,1-8H3/t20?,25-,26?,27-,28-,29-,30-,31+/m1/s1. The van der Waals surface area contributed by atoms with Crippen molar-refractivity contribution in [1.82, 2.24) is 4.90 Å². The molecule has 0 aliphatic heterocycles. The first-order valence-electron chi connectivity index (χ1n) is 13.7. The average Bonchev–Trinajstić information content (AvgIpc) is 2.75. The fraction of sp³-hybridized carbons (Fsp3) is 0.774. The number of allylic oxidation sites excluding steroid dienone is 4. The first-order chi connectivity index (χ1) is 15.7. The zero-order chi connectivity index (χ0) is 24.9. The van der Waals surface area contributed by atoms with E-state index in [0.717, 1.165) is 12.3 Å². The van der Waals surface area contributed by atoms with Crippen LogP contribution in [0.25, 0.3) is 0 Å². The number of carbonyl (C=O) groups is 1. The number of fused-ring (bicyclic) bond motifs is 7. The summed E-state index contributed by atoms with van der Waals surface area (Å²) in [5, 5.41) is 10.5. The van der Waals surface area contributed by atoms with Crippen molar-refractivity contribution in [2.24, 2.45) is 38.9 Å². The van der Waals surface area contributed by atoms with E-state index >= 15 is 0 Å². The van der Waals surface area contributed by atoms with Gasteiger partial charge in [0.25, 0.3) is 0 Å². The molecule has 0 aromatic heterocycles. The summed E-state index contributed by atoms with van der Waals surface area (Å²) in [5.41, 5.74) is 5.05. The monoisotopic (exact) mass is 465 g/mol. The van der Waals surface area contributed by atoms with E-state index in [0.29, 0.717) is 10.8 Å². The Morgan fingerprint density at radius 3 is 2.32 bits per heavy atom. The SMILES string of the molecule is CC1C2=CC=C3[C@](C)(CC[C@@]4(C)[C@@H]5C[C@](C)(CN(C)C)CC[C@]5(C)CC[C@]34C)C2=CC(=O)C1O. The van der Waals surface area contributed by atoms with Gasteiger partial charge in [0, 0.05) is 17.9 Å². The molecule has 3 nitrogen and oxygen atoms in total. The molecule has 0 aromatic rings. The van der Waals surface area contributed by atoms with Crippen LogP contribution in [0.5, 0.6) is 0 Å². The van der Waals surface area contributed by atoms with Crippen LogP contribution in [0.1, 0.15) is 86.5 Å². The summed E-state index contributed by atoms with van der Waals surface area (Å²) in [7, 11) is 4.46. The van der Waals surface area contributed by atoms with Crippen molar-refractivity contribution < 1.29 is 9.90 Å². The second kappa shape index (κ2) is 7.42. The van der Waals surface area contributed by atoms with Gasteiger partial charge < -0.3 is 10.0 Å². The average molecular weight is 466 g/mol. The van der Waals surface area contributed by atoms with E-state index in [4.69, 9.17) is 0 Å². The molecule has 8 atom stereocenters. The lowest BCUT2D eigenvalue weighted by molar-refractivity contribution is -0.163. The maximum absolute atomic E-state index is 12.7. The lowest BCUT2D eigenvalue weighted by atomic mass is 9.34. The van der Waals surface area contributed by atoms with Gasteiger partial charge in [0.15, 0.2) is 5.78 Å². The predicted molar refractivity (Wildman–Crippen MR) is 139 cm³/mol. The number of rotatable bonds is 2. The zero-order valence-corrected chi connectivity index (χ0v) is 22.9. The molecule has 2 unspecified atom stereocenters. The molecule has 5 aliphatic carbocycles. The highest BCUT2D eigenvalue weighted by molar-refractivity contribution is 5.97. The second-order valence-electron chi connectivity index (χ2n) is 14.4. The molecule has 0 spiro atoms. The molecule has 0 saturated heterocycles. The van der Waals surface area contributed by atoms with Gasteiger partial charge >= 0.3 is 0 Å². The molecule has 34 heavy (non-hydrogen) atoms. The fourth-order valence-corrected chi connectivity index (χ4v) is 9.67. The van der Waals surface area contributed by atoms with Crippen molar-refractivity contribution in [3.8, 4) is 0 Å².